The molecule has 0 aliphatic heterocycles. The van der Waals surface area contributed by atoms with Gasteiger partial charge in [0.05, 0.1) is 6.42 Å². The standard InChI is InChI=1S/C7H9F2NO6.2C2H6/c1-16-7(8,9)6(15)10-3(5(13)14)2-4(11)12;2*1-2/h3H,2H2,1H3,(H,10,15)(H,11,12)(H,13,14);2*1-2H3. The molecule has 1 amide bonds. The Balaban J connectivity index is -0.000000656. The van der Waals surface area contributed by atoms with Crippen LogP contribution >= 0.6 is 0 Å². The number of carboxylic acids is 2. The summed E-state index contributed by atoms with van der Waals surface area (Å²) in [5.41, 5.74) is 0. The number of nitrogens with one attached hydrogen (secondary N) is 1. The third-order valence-corrected chi connectivity index (χ3v) is 1.50. The molecule has 0 aliphatic carbocycles. The normalized spacial score (nSPS) is 10.9. The van der Waals surface area contributed by atoms with Crippen LogP contribution in [0.25, 0.3) is 0 Å². The van der Waals surface area contributed by atoms with Gasteiger partial charge in [-0.25, -0.2) is 4.79 Å². The Hall–Kier alpha value is -1.77. The van der Waals surface area contributed by atoms with Gasteiger partial charge in [-0.05, 0) is 0 Å². The van der Waals surface area contributed by atoms with E-state index in [1.807, 2.05) is 27.7 Å². The van der Waals surface area contributed by atoms with E-state index in [1.165, 1.54) is 5.32 Å². The first-order chi connectivity index (χ1) is 9.20. The summed E-state index contributed by atoms with van der Waals surface area (Å²) < 4.78 is 28.6. The van der Waals surface area contributed by atoms with Crippen molar-refractivity contribution < 1.29 is 38.1 Å². The molecule has 9 heteroatoms. The van der Waals surface area contributed by atoms with Crippen molar-refractivity contribution in [3.05, 3.63) is 0 Å². The minimum atomic E-state index is -4.20. The summed E-state index contributed by atoms with van der Waals surface area (Å²) in [6, 6.07) is -1.94. The van der Waals surface area contributed by atoms with Gasteiger partial charge in [-0.3, -0.25) is 9.59 Å². The lowest BCUT2D eigenvalue weighted by Crippen LogP contribution is -2.49. The van der Waals surface area contributed by atoms with Crippen LogP contribution in [0.4, 0.5) is 8.78 Å². The highest BCUT2D eigenvalue weighted by Gasteiger charge is 2.41. The third-order valence-electron chi connectivity index (χ3n) is 1.50. The van der Waals surface area contributed by atoms with Gasteiger partial charge in [-0.2, -0.15) is 8.78 Å². The molecule has 120 valence electrons. The maximum absolute atomic E-state index is 12.5. The second kappa shape index (κ2) is 12.3. The van der Waals surface area contributed by atoms with Crippen molar-refractivity contribution in [2.24, 2.45) is 0 Å². The molecule has 0 bridgehead atoms. The maximum Gasteiger partial charge on any atom is 0.436 e. The summed E-state index contributed by atoms with van der Waals surface area (Å²) in [6.45, 7) is 8.00. The Labute approximate surface area is 115 Å². The number of halogens is 2. The zero-order valence-electron chi connectivity index (χ0n) is 12.1. The maximum atomic E-state index is 12.5. The molecule has 0 heterocycles. The van der Waals surface area contributed by atoms with Crippen molar-refractivity contribution in [2.75, 3.05) is 7.11 Å². The van der Waals surface area contributed by atoms with Gasteiger partial charge in [-0.15, -0.1) is 0 Å². The van der Waals surface area contributed by atoms with E-state index in [1.54, 1.807) is 0 Å². The molecule has 0 saturated carbocycles. The Morgan fingerprint density at radius 1 is 1.15 bits per heavy atom. The lowest BCUT2D eigenvalue weighted by atomic mass is 10.2. The summed E-state index contributed by atoms with van der Waals surface area (Å²) >= 11 is 0. The Bertz CT molecular complexity index is 309. The van der Waals surface area contributed by atoms with Crippen LogP contribution in [0.1, 0.15) is 34.1 Å². The molecule has 0 saturated heterocycles. The molecule has 1 unspecified atom stereocenters. The number of carbonyl (C=O) groups excluding carboxylic acids is 1. The van der Waals surface area contributed by atoms with Crippen LogP contribution in [0.3, 0.4) is 0 Å². The first kappa shape index (κ1) is 23.3. The molecule has 0 rings (SSSR count). The summed E-state index contributed by atoms with van der Waals surface area (Å²) in [4.78, 5) is 31.4. The lowest BCUT2D eigenvalue weighted by Gasteiger charge is -2.17. The van der Waals surface area contributed by atoms with Gasteiger partial charge in [0, 0.05) is 7.11 Å². The first-order valence-electron chi connectivity index (χ1n) is 5.89. The van der Waals surface area contributed by atoms with Crippen molar-refractivity contribution in [3.8, 4) is 0 Å². The van der Waals surface area contributed by atoms with E-state index < -0.39 is 36.4 Å². The smallest absolute Gasteiger partial charge is 0.436 e. The number of ether oxygens (including phenoxy) is 1. The minimum absolute atomic E-state index is 0.548. The number of hydrogen-bond donors (Lipinski definition) is 3. The van der Waals surface area contributed by atoms with Crippen LogP contribution in [0.2, 0.25) is 0 Å². The third kappa shape index (κ3) is 10.2. The number of carbonyl (C=O) groups is 3. The van der Waals surface area contributed by atoms with Crippen molar-refractivity contribution in [1.82, 2.24) is 5.32 Å². The van der Waals surface area contributed by atoms with E-state index in [0.29, 0.717) is 7.11 Å². The van der Waals surface area contributed by atoms with Crippen LogP contribution in [-0.2, 0) is 19.1 Å². The second-order valence-corrected chi connectivity index (χ2v) is 2.68. The van der Waals surface area contributed by atoms with Crippen molar-refractivity contribution >= 4 is 17.8 Å². The second-order valence-electron chi connectivity index (χ2n) is 2.68. The van der Waals surface area contributed by atoms with E-state index >= 15 is 0 Å². The van der Waals surface area contributed by atoms with E-state index in [2.05, 4.69) is 4.74 Å². The molecule has 0 aromatic heterocycles. The molecular formula is C11H21F2NO6. The number of hydrogen-bond acceptors (Lipinski definition) is 4. The van der Waals surface area contributed by atoms with Gasteiger partial charge in [-0.1, -0.05) is 27.7 Å². The highest BCUT2D eigenvalue weighted by atomic mass is 19.3. The number of alkyl halides is 2. The highest BCUT2D eigenvalue weighted by Crippen LogP contribution is 2.14. The zero-order chi connectivity index (χ0) is 16.9. The lowest BCUT2D eigenvalue weighted by molar-refractivity contribution is -0.219. The van der Waals surface area contributed by atoms with Crippen LogP contribution in [0.5, 0.6) is 0 Å². The quantitative estimate of drug-likeness (QED) is 0.682. The first-order valence-corrected chi connectivity index (χ1v) is 5.89. The number of methoxy groups -OCH3 is 1. The van der Waals surface area contributed by atoms with Crippen molar-refractivity contribution in [1.29, 1.82) is 0 Å². The molecule has 20 heavy (non-hydrogen) atoms. The molecule has 1 atom stereocenters. The van der Waals surface area contributed by atoms with Gasteiger partial charge in [0.1, 0.15) is 6.04 Å². The molecule has 3 N–H and O–H groups in total. The fourth-order valence-electron chi connectivity index (χ4n) is 0.710. The Kier molecular flexibility index (Phi) is 14.3. The molecule has 0 aromatic carbocycles. The minimum Gasteiger partial charge on any atom is -0.481 e. The van der Waals surface area contributed by atoms with Gasteiger partial charge in [0.15, 0.2) is 0 Å². The molecule has 7 nitrogen and oxygen atoms in total. The number of amides is 1. The topological polar surface area (TPSA) is 113 Å². The molecule has 0 fully saturated rings. The fourth-order valence-corrected chi connectivity index (χ4v) is 0.710. The summed E-state index contributed by atoms with van der Waals surface area (Å²) in [7, 11) is 0.548. The predicted molar refractivity (Wildman–Crippen MR) is 66.5 cm³/mol. The summed E-state index contributed by atoms with van der Waals surface area (Å²) in [6.07, 6.45) is -5.22. The van der Waals surface area contributed by atoms with E-state index in [-0.39, 0.29) is 0 Å². The average molecular weight is 301 g/mol. The Morgan fingerprint density at radius 2 is 1.55 bits per heavy atom. The average Bonchev–Trinajstić information content (AvgIpc) is 2.41. The summed E-state index contributed by atoms with van der Waals surface area (Å²) in [5, 5.41) is 18.1. The summed E-state index contributed by atoms with van der Waals surface area (Å²) in [5.74, 6) is -5.29. The number of carboxylic acid groups (broad SMARTS) is 2. The Morgan fingerprint density at radius 3 is 1.80 bits per heavy atom. The van der Waals surface area contributed by atoms with Crippen molar-refractivity contribution in [2.45, 2.75) is 46.3 Å². The van der Waals surface area contributed by atoms with Gasteiger partial charge in [0.2, 0.25) is 0 Å². The van der Waals surface area contributed by atoms with E-state index in [9.17, 15) is 23.2 Å². The van der Waals surface area contributed by atoms with Crippen LogP contribution in [0.15, 0.2) is 0 Å². The number of rotatable bonds is 6. The fraction of sp³-hybridized carbons (Fsp3) is 0.727. The van der Waals surface area contributed by atoms with Crippen LogP contribution in [-0.4, -0.2) is 47.3 Å². The van der Waals surface area contributed by atoms with Crippen LogP contribution < -0.4 is 5.32 Å². The molecule has 0 radical (unpaired) electrons. The molecule has 0 spiro atoms. The van der Waals surface area contributed by atoms with E-state index in [4.69, 9.17) is 10.2 Å². The number of aliphatic carboxylic acids is 2. The largest absolute Gasteiger partial charge is 0.481 e. The SMILES string of the molecule is CC.CC.COC(F)(F)C(=O)NC(CC(=O)O)C(=O)O. The predicted octanol–water partition coefficient (Wildman–Crippen LogP) is 1.32. The molecular weight excluding hydrogens is 280 g/mol. The molecule has 0 aliphatic rings. The van der Waals surface area contributed by atoms with Crippen LogP contribution in [0, 0.1) is 0 Å². The van der Waals surface area contributed by atoms with Gasteiger partial charge in [0.25, 0.3) is 0 Å². The highest BCUT2D eigenvalue weighted by molar-refractivity contribution is 5.89. The van der Waals surface area contributed by atoms with Gasteiger partial charge < -0.3 is 20.3 Å². The van der Waals surface area contributed by atoms with Crippen molar-refractivity contribution in [3.63, 3.8) is 0 Å². The van der Waals surface area contributed by atoms with E-state index in [0.717, 1.165) is 0 Å². The zero-order valence-corrected chi connectivity index (χ0v) is 12.1. The monoisotopic (exact) mass is 301 g/mol. The molecule has 0 aromatic rings. The van der Waals surface area contributed by atoms with Gasteiger partial charge >= 0.3 is 24.0 Å².